The predicted octanol–water partition coefficient (Wildman–Crippen LogP) is 5.28. The van der Waals surface area contributed by atoms with Gasteiger partial charge in [0.1, 0.15) is 5.75 Å². The molecule has 2 aromatic carbocycles. The van der Waals surface area contributed by atoms with Crippen molar-refractivity contribution in [3.05, 3.63) is 56.5 Å². The highest BCUT2D eigenvalue weighted by molar-refractivity contribution is 9.11. The van der Waals surface area contributed by atoms with Gasteiger partial charge in [-0.1, -0.05) is 17.7 Å². The second-order valence-corrected chi connectivity index (χ2v) is 5.82. The van der Waals surface area contributed by atoms with Crippen LogP contribution < -0.4 is 4.74 Å². The van der Waals surface area contributed by atoms with Crippen molar-refractivity contribution < 1.29 is 4.74 Å². The summed E-state index contributed by atoms with van der Waals surface area (Å²) in [6.07, 6.45) is 1.83. The average molecular weight is 383 g/mol. The third-order valence-corrected chi connectivity index (χ3v) is 3.80. The fourth-order valence-electron chi connectivity index (χ4n) is 1.63. The molecule has 0 N–H and O–H groups in total. The van der Waals surface area contributed by atoms with Gasteiger partial charge < -0.3 is 4.74 Å². The molecule has 0 heterocycles. The van der Waals surface area contributed by atoms with Gasteiger partial charge in [-0.05, 0) is 68.6 Å². The Morgan fingerprint density at radius 3 is 2.16 bits per heavy atom. The molecule has 2 rings (SSSR count). The van der Waals surface area contributed by atoms with E-state index in [-0.39, 0.29) is 0 Å². The van der Waals surface area contributed by atoms with Gasteiger partial charge in [0.25, 0.3) is 0 Å². The molecular formula is C15H13Br2NO. The molecular weight excluding hydrogens is 370 g/mol. The normalized spacial score (nSPS) is 10.9. The first-order chi connectivity index (χ1) is 9.10. The Morgan fingerprint density at radius 2 is 1.63 bits per heavy atom. The maximum absolute atomic E-state index is 5.27. The molecule has 98 valence electrons. The smallest absolute Gasteiger partial charge is 0.147 e. The van der Waals surface area contributed by atoms with Gasteiger partial charge in [0.15, 0.2) is 0 Å². The largest absolute Gasteiger partial charge is 0.494 e. The zero-order chi connectivity index (χ0) is 13.8. The molecule has 0 saturated heterocycles. The van der Waals surface area contributed by atoms with E-state index in [9.17, 15) is 0 Å². The van der Waals surface area contributed by atoms with Crippen LogP contribution in [0.3, 0.4) is 0 Å². The van der Waals surface area contributed by atoms with Crippen LogP contribution in [-0.4, -0.2) is 13.3 Å². The molecule has 0 atom stereocenters. The van der Waals surface area contributed by atoms with Gasteiger partial charge >= 0.3 is 0 Å². The standard InChI is InChI=1S/C15H13Br2NO/c1-10-3-5-12(6-4-10)18-9-11-7-13(16)15(19-2)14(17)8-11/h3-9H,1-2H3. The van der Waals surface area contributed by atoms with Crippen molar-refractivity contribution in [3.8, 4) is 5.75 Å². The molecule has 0 unspecified atom stereocenters. The zero-order valence-electron chi connectivity index (χ0n) is 10.7. The SMILES string of the molecule is COc1c(Br)cc(C=Nc2ccc(C)cc2)cc1Br. The first-order valence-electron chi connectivity index (χ1n) is 5.74. The maximum Gasteiger partial charge on any atom is 0.147 e. The van der Waals surface area contributed by atoms with E-state index >= 15 is 0 Å². The summed E-state index contributed by atoms with van der Waals surface area (Å²) in [5.74, 6) is 0.785. The van der Waals surface area contributed by atoms with Crippen molar-refractivity contribution in [2.75, 3.05) is 7.11 Å². The lowest BCUT2D eigenvalue weighted by Crippen LogP contribution is -1.89. The molecule has 0 spiro atoms. The average Bonchev–Trinajstić information content (AvgIpc) is 2.38. The summed E-state index contributed by atoms with van der Waals surface area (Å²) in [4.78, 5) is 4.45. The number of methoxy groups -OCH3 is 1. The van der Waals surface area contributed by atoms with Crippen molar-refractivity contribution >= 4 is 43.8 Å². The van der Waals surface area contributed by atoms with Crippen LogP contribution in [0.25, 0.3) is 0 Å². The van der Waals surface area contributed by atoms with Crippen LogP contribution >= 0.6 is 31.9 Å². The topological polar surface area (TPSA) is 21.6 Å². The van der Waals surface area contributed by atoms with E-state index in [0.717, 1.165) is 25.9 Å². The summed E-state index contributed by atoms with van der Waals surface area (Å²) in [7, 11) is 1.64. The fraction of sp³-hybridized carbons (Fsp3) is 0.133. The van der Waals surface area contributed by atoms with Crippen LogP contribution in [0.15, 0.2) is 50.3 Å². The Hall–Kier alpha value is -1.13. The Labute approximate surface area is 129 Å². The van der Waals surface area contributed by atoms with E-state index in [1.807, 2.05) is 42.6 Å². The lowest BCUT2D eigenvalue weighted by atomic mass is 10.2. The summed E-state index contributed by atoms with van der Waals surface area (Å²) < 4.78 is 7.06. The monoisotopic (exact) mass is 381 g/mol. The maximum atomic E-state index is 5.27. The van der Waals surface area contributed by atoms with E-state index in [1.54, 1.807) is 7.11 Å². The molecule has 0 fully saturated rings. The number of hydrogen-bond acceptors (Lipinski definition) is 2. The summed E-state index contributed by atoms with van der Waals surface area (Å²) in [6.45, 7) is 2.06. The first kappa shape index (κ1) is 14.3. The summed E-state index contributed by atoms with van der Waals surface area (Å²) in [5.41, 5.74) is 3.17. The van der Waals surface area contributed by atoms with Gasteiger partial charge in [-0.2, -0.15) is 0 Å². The quantitative estimate of drug-likeness (QED) is 0.661. The summed E-state index contributed by atoms with van der Waals surface area (Å²) >= 11 is 6.95. The van der Waals surface area contributed by atoms with Gasteiger partial charge in [0, 0.05) is 6.21 Å². The molecule has 0 radical (unpaired) electrons. The van der Waals surface area contributed by atoms with Crippen molar-refractivity contribution in [1.82, 2.24) is 0 Å². The molecule has 4 heteroatoms. The second-order valence-electron chi connectivity index (χ2n) is 4.11. The Kier molecular flexibility index (Phi) is 4.77. The van der Waals surface area contributed by atoms with E-state index in [1.165, 1.54) is 5.56 Å². The molecule has 0 amide bonds. The van der Waals surface area contributed by atoms with Crippen molar-refractivity contribution in [2.24, 2.45) is 4.99 Å². The Morgan fingerprint density at radius 1 is 1.05 bits per heavy atom. The molecule has 2 aromatic rings. The second kappa shape index (κ2) is 6.35. The lowest BCUT2D eigenvalue weighted by molar-refractivity contribution is 0.409. The molecule has 0 aliphatic rings. The molecule has 2 nitrogen and oxygen atoms in total. The van der Waals surface area contributed by atoms with Gasteiger partial charge in [0.2, 0.25) is 0 Å². The van der Waals surface area contributed by atoms with Crippen LogP contribution in [0.4, 0.5) is 5.69 Å². The van der Waals surface area contributed by atoms with E-state index in [4.69, 9.17) is 4.74 Å². The van der Waals surface area contributed by atoms with Crippen molar-refractivity contribution in [1.29, 1.82) is 0 Å². The van der Waals surface area contributed by atoms with E-state index < -0.39 is 0 Å². The number of halogens is 2. The lowest BCUT2D eigenvalue weighted by Gasteiger charge is -2.06. The molecule has 0 aliphatic carbocycles. The number of benzene rings is 2. The van der Waals surface area contributed by atoms with Gasteiger partial charge in [-0.15, -0.1) is 0 Å². The summed E-state index contributed by atoms with van der Waals surface area (Å²) in [5, 5.41) is 0. The van der Waals surface area contributed by atoms with Crippen LogP contribution in [0.5, 0.6) is 5.75 Å². The van der Waals surface area contributed by atoms with Crippen molar-refractivity contribution in [3.63, 3.8) is 0 Å². The minimum absolute atomic E-state index is 0.785. The summed E-state index contributed by atoms with van der Waals surface area (Å²) in [6, 6.07) is 12.0. The van der Waals surface area contributed by atoms with Crippen molar-refractivity contribution in [2.45, 2.75) is 6.92 Å². The molecule has 0 saturated carbocycles. The minimum atomic E-state index is 0.785. The highest BCUT2D eigenvalue weighted by Crippen LogP contribution is 2.34. The first-order valence-corrected chi connectivity index (χ1v) is 7.32. The van der Waals surface area contributed by atoms with Crippen LogP contribution in [-0.2, 0) is 0 Å². The van der Waals surface area contributed by atoms with Gasteiger partial charge in [-0.25, -0.2) is 0 Å². The molecule has 0 aliphatic heterocycles. The Bertz CT molecular complexity index is 583. The number of nitrogens with zero attached hydrogens (tertiary/aromatic N) is 1. The third-order valence-electron chi connectivity index (χ3n) is 2.62. The third kappa shape index (κ3) is 3.67. The Balaban J connectivity index is 2.26. The highest BCUT2D eigenvalue weighted by Gasteiger charge is 2.06. The van der Waals surface area contributed by atoms with Crippen LogP contribution in [0.1, 0.15) is 11.1 Å². The molecule has 0 aromatic heterocycles. The molecule has 0 bridgehead atoms. The van der Waals surface area contributed by atoms with E-state index in [2.05, 4.69) is 43.8 Å². The predicted molar refractivity (Wildman–Crippen MR) is 86.8 cm³/mol. The molecule has 19 heavy (non-hydrogen) atoms. The number of ether oxygens (including phenoxy) is 1. The number of aliphatic imine (C=N–C) groups is 1. The van der Waals surface area contributed by atoms with Crippen LogP contribution in [0.2, 0.25) is 0 Å². The van der Waals surface area contributed by atoms with Gasteiger partial charge in [0.05, 0.1) is 21.7 Å². The minimum Gasteiger partial charge on any atom is -0.494 e. The number of aryl methyl sites for hydroxylation is 1. The number of hydrogen-bond donors (Lipinski definition) is 0. The fourth-order valence-corrected chi connectivity index (χ4v) is 3.17. The van der Waals surface area contributed by atoms with Crippen LogP contribution in [0, 0.1) is 6.92 Å². The number of rotatable bonds is 3. The van der Waals surface area contributed by atoms with Gasteiger partial charge in [-0.3, -0.25) is 4.99 Å². The highest BCUT2D eigenvalue weighted by atomic mass is 79.9. The zero-order valence-corrected chi connectivity index (χ0v) is 13.8. The van der Waals surface area contributed by atoms with E-state index in [0.29, 0.717) is 0 Å².